The molecule has 2 heteroatoms. The lowest BCUT2D eigenvalue weighted by Gasteiger charge is -1.96. The van der Waals surface area contributed by atoms with Crippen molar-refractivity contribution in [3.8, 4) is 0 Å². The van der Waals surface area contributed by atoms with Crippen molar-refractivity contribution in [2.45, 2.75) is 6.42 Å². The van der Waals surface area contributed by atoms with Crippen molar-refractivity contribution in [1.82, 2.24) is 4.98 Å². The summed E-state index contributed by atoms with van der Waals surface area (Å²) >= 11 is 0. The first-order valence-electron chi connectivity index (χ1n) is 5.39. The number of hydrogen-bond donors (Lipinski definition) is 0. The molecule has 0 saturated heterocycles. The van der Waals surface area contributed by atoms with E-state index in [0.29, 0.717) is 0 Å². The van der Waals surface area contributed by atoms with Gasteiger partial charge in [0.2, 0.25) is 0 Å². The molecule has 0 aliphatic heterocycles. The second-order valence-corrected chi connectivity index (χ2v) is 3.56. The Balaban J connectivity index is 1.83. The Kier molecular flexibility index (Phi) is 3.83. The highest BCUT2D eigenvalue weighted by atomic mass is 14.7. The van der Waals surface area contributed by atoms with E-state index in [0.717, 1.165) is 18.5 Å². The van der Waals surface area contributed by atoms with Gasteiger partial charge in [-0.3, -0.25) is 9.98 Å². The summed E-state index contributed by atoms with van der Waals surface area (Å²) in [5, 5.41) is 0. The molecule has 0 spiro atoms. The van der Waals surface area contributed by atoms with Gasteiger partial charge >= 0.3 is 0 Å². The van der Waals surface area contributed by atoms with E-state index in [2.05, 4.69) is 34.2 Å². The SMILES string of the molecule is C(=NCCc1ccccc1)c1cccnc1. The number of nitrogens with zero attached hydrogens (tertiary/aromatic N) is 2. The quantitative estimate of drug-likeness (QED) is 0.712. The van der Waals surface area contributed by atoms with Crippen molar-refractivity contribution >= 4 is 6.21 Å². The molecule has 1 aromatic carbocycles. The monoisotopic (exact) mass is 210 g/mol. The van der Waals surface area contributed by atoms with E-state index < -0.39 is 0 Å². The highest BCUT2D eigenvalue weighted by molar-refractivity contribution is 5.78. The van der Waals surface area contributed by atoms with Gasteiger partial charge in [0.15, 0.2) is 0 Å². The second kappa shape index (κ2) is 5.81. The summed E-state index contributed by atoms with van der Waals surface area (Å²) in [5.74, 6) is 0. The number of pyridine rings is 1. The third-order valence-electron chi connectivity index (χ3n) is 2.30. The van der Waals surface area contributed by atoms with E-state index in [1.807, 2.05) is 30.6 Å². The van der Waals surface area contributed by atoms with Crippen LogP contribution in [-0.4, -0.2) is 17.7 Å². The normalized spacial score (nSPS) is 10.8. The van der Waals surface area contributed by atoms with E-state index >= 15 is 0 Å². The molecule has 2 rings (SSSR count). The van der Waals surface area contributed by atoms with Crippen molar-refractivity contribution in [3.63, 3.8) is 0 Å². The van der Waals surface area contributed by atoms with Gasteiger partial charge in [0.25, 0.3) is 0 Å². The highest BCUT2D eigenvalue weighted by Gasteiger charge is 1.89. The number of hydrogen-bond acceptors (Lipinski definition) is 2. The molecule has 0 atom stereocenters. The fourth-order valence-corrected chi connectivity index (χ4v) is 1.46. The first-order valence-corrected chi connectivity index (χ1v) is 5.39. The van der Waals surface area contributed by atoms with Crippen LogP contribution in [0.2, 0.25) is 0 Å². The summed E-state index contributed by atoms with van der Waals surface area (Å²) in [6, 6.07) is 14.3. The Bertz CT molecular complexity index is 435. The molecule has 2 aromatic rings. The third-order valence-corrected chi connectivity index (χ3v) is 2.30. The fraction of sp³-hybridized carbons (Fsp3) is 0.143. The summed E-state index contributed by atoms with van der Waals surface area (Å²) in [7, 11) is 0. The predicted molar refractivity (Wildman–Crippen MR) is 66.8 cm³/mol. The summed E-state index contributed by atoms with van der Waals surface area (Å²) in [4.78, 5) is 8.40. The van der Waals surface area contributed by atoms with Crippen LogP contribution < -0.4 is 0 Å². The van der Waals surface area contributed by atoms with E-state index in [-0.39, 0.29) is 0 Å². The topological polar surface area (TPSA) is 25.2 Å². The van der Waals surface area contributed by atoms with E-state index in [4.69, 9.17) is 0 Å². The van der Waals surface area contributed by atoms with Crippen LogP contribution in [-0.2, 0) is 6.42 Å². The highest BCUT2D eigenvalue weighted by Crippen LogP contribution is 1.99. The Morgan fingerprint density at radius 2 is 1.94 bits per heavy atom. The summed E-state index contributed by atoms with van der Waals surface area (Å²) in [6.45, 7) is 0.818. The first kappa shape index (κ1) is 10.6. The van der Waals surface area contributed by atoms with Crippen molar-refractivity contribution in [2.75, 3.05) is 6.54 Å². The molecule has 1 heterocycles. The van der Waals surface area contributed by atoms with Gasteiger partial charge in [0.05, 0.1) is 0 Å². The van der Waals surface area contributed by atoms with Crippen molar-refractivity contribution in [1.29, 1.82) is 0 Å². The molecule has 0 radical (unpaired) electrons. The Hall–Kier alpha value is -1.96. The largest absolute Gasteiger partial charge is 0.292 e. The van der Waals surface area contributed by atoms with E-state index in [9.17, 15) is 0 Å². The first-order chi connectivity index (χ1) is 7.95. The Labute approximate surface area is 95.7 Å². The maximum Gasteiger partial charge on any atom is 0.0429 e. The minimum Gasteiger partial charge on any atom is -0.292 e. The van der Waals surface area contributed by atoms with Crippen LogP contribution in [0.3, 0.4) is 0 Å². The van der Waals surface area contributed by atoms with Gasteiger partial charge in [-0.05, 0) is 18.1 Å². The average Bonchev–Trinajstić information content (AvgIpc) is 2.37. The molecule has 0 fully saturated rings. The molecule has 0 aliphatic rings. The van der Waals surface area contributed by atoms with Crippen LogP contribution >= 0.6 is 0 Å². The second-order valence-electron chi connectivity index (χ2n) is 3.56. The molecule has 1 aromatic heterocycles. The molecule has 80 valence electrons. The Morgan fingerprint density at radius 3 is 2.69 bits per heavy atom. The molecule has 16 heavy (non-hydrogen) atoms. The van der Waals surface area contributed by atoms with Crippen LogP contribution in [0.4, 0.5) is 0 Å². The number of aliphatic imine (C=N–C) groups is 1. The van der Waals surface area contributed by atoms with Crippen molar-refractivity contribution < 1.29 is 0 Å². The average molecular weight is 210 g/mol. The van der Waals surface area contributed by atoms with Gasteiger partial charge in [0.1, 0.15) is 0 Å². The van der Waals surface area contributed by atoms with Crippen molar-refractivity contribution in [3.05, 3.63) is 66.0 Å². The maximum atomic E-state index is 4.37. The van der Waals surface area contributed by atoms with Gasteiger partial charge < -0.3 is 0 Å². The predicted octanol–water partition coefficient (Wildman–Crippen LogP) is 2.74. The Morgan fingerprint density at radius 1 is 1.06 bits per heavy atom. The molecule has 0 N–H and O–H groups in total. The van der Waals surface area contributed by atoms with Gasteiger partial charge in [-0.1, -0.05) is 36.4 Å². The zero-order valence-corrected chi connectivity index (χ0v) is 9.08. The maximum absolute atomic E-state index is 4.37. The molecule has 0 amide bonds. The zero-order chi connectivity index (χ0) is 11.1. The van der Waals surface area contributed by atoms with Crippen LogP contribution in [0.15, 0.2) is 59.9 Å². The molecular weight excluding hydrogens is 196 g/mol. The zero-order valence-electron chi connectivity index (χ0n) is 9.08. The minimum absolute atomic E-state index is 0.818. The van der Waals surface area contributed by atoms with E-state index in [1.165, 1.54) is 5.56 Å². The minimum atomic E-state index is 0.818. The summed E-state index contributed by atoms with van der Waals surface area (Å²) in [5.41, 5.74) is 2.38. The van der Waals surface area contributed by atoms with Gasteiger partial charge in [0, 0.05) is 30.7 Å². The van der Waals surface area contributed by atoms with Crippen LogP contribution in [0.25, 0.3) is 0 Å². The van der Waals surface area contributed by atoms with Crippen LogP contribution in [0, 0.1) is 0 Å². The number of rotatable bonds is 4. The standard InChI is InChI=1S/C14H14N2/c1-2-5-13(6-3-1)8-10-16-12-14-7-4-9-15-11-14/h1-7,9,11-12H,8,10H2. The lowest BCUT2D eigenvalue weighted by atomic mass is 10.2. The summed E-state index contributed by atoms with van der Waals surface area (Å²) < 4.78 is 0. The van der Waals surface area contributed by atoms with Crippen LogP contribution in [0.5, 0.6) is 0 Å². The molecule has 0 unspecified atom stereocenters. The fourth-order valence-electron chi connectivity index (χ4n) is 1.46. The lowest BCUT2D eigenvalue weighted by molar-refractivity contribution is 0.973. The molecule has 2 nitrogen and oxygen atoms in total. The van der Waals surface area contributed by atoms with Crippen molar-refractivity contribution in [2.24, 2.45) is 4.99 Å². The molecule has 0 aliphatic carbocycles. The van der Waals surface area contributed by atoms with Gasteiger partial charge in [-0.15, -0.1) is 0 Å². The molecular formula is C14H14N2. The lowest BCUT2D eigenvalue weighted by Crippen LogP contribution is -1.90. The van der Waals surface area contributed by atoms with Crippen LogP contribution in [0.1, 0.15) is 11.1 Å². The molecule has 0 bridgehead atoms. The molecule has 0 saturated carbocycles. The smallest absolute Gasteiger partial charge is 0.0429 e. The third kappa shape index (κ3) is 3.31. The van der Waals surface area contributed by atoms with Gasteiger partial charge in [-0.2, -0.15) is 0 Å². The summed E-state index contributed by atoms with van der Waals surface area (Å²) in [6.07, 6.45) is 6.43. The van der Waals surface area contributed by atoms with Gasteiger partial charge in [-0.25, -0.2) is 0 Å². The number of benzene rings is 1. The van der Waals surface area contributed by atoms with E-state index in [1.54, 1.807) is 6.20 Å². The number of aromatic nitrogens is 1.